The number of fused-ring (bicyclic) bond motifs is 1. The molecule has 3 nitrogen and oxygen atoms in total. The van der Waals surface area contributed by atoms with Crippen LogP contribution in [0.2, 0.25) is 0 Å². The summed E-state index contributed by atoms with van der Waals surface area (Å²) in [6.45, 7) is 1.97. The van der Waals surface area contributed by atoms with Crippen LogP contribution in [0.15, 0.2) is 36.7 Å². The summed E-state index contributed by atoms with van der Waals surface area (Å²) in [7, 11) is 0. The third-order valence-corrected chi connectivity index (χ3v) is 3.70. The Bertz CT molecular complexity index is 658. The number of thiazole rings is 1. The van der Waals surface area contributed by atoms with Gasteiger partial charge >= 0.3 is 0 Å². The Morgan fingerprint density at radius 2 is 2.12 bits per heavy atom. The molecule has 0 fully saturated rings. The van der Waals surface area contributed by atoms with E-state index in [1.165, 1.54) is 0 Å². The second-order valence-electron chi connectivity index (χ2n) is 3.86. The molecule has 0 unspecified atom stereocenters. The third kappa shape index (κ3) is 1.76. The van der Waals surface area contributed by atoms with Gasteiger partial charge in [-0.15, -0.1) is 11.3 Å². The van der Waals surface area contributed by atoms with Gasteiger partial charge in [0.25, 0.3) is 0 Å². The lowest BCUT2D eigenvalue weighted by Crippen LogP contribution is -1.81. The standard InChI is InChI=1S/C13H10N2OS/c1-8-6-9(16)2-3-10(8)13-15-11-7-14-5-4-12(11)17-13/h2-7,16H,1H3. The summed E-state index contributed by atoms with van der Waals surface area (Å²) in [5.74, 6) is 0.286. The van der Waals surface area contributed by atoms with E-state index in [1.54, 1.807) is 35.9 Å². The molecule has 0 atom stereocenters. The second kappa shape index (κ2) is 3.82. The van der Waals surface area contributed by atoms with Crippen molar-refractivity contribution in [3.8, 4) is 16.3 Å². The fraction of sp³-hybridized carbons (Fsp3) is 0.0769. The lowest BCUT2D eigenvalue weighted by Gasteiger charge is -2.01. The predicted octanol–water partition coefficient (Wildman–Crippen LogP) is 3.37. The third-order valence-electron chi connectivity index (χ3n) is 2.63. The van der Waals surface area contributed by atoms with Crippen LogP contribution in [-0.2, 0) is 0 Å². The van der Waals surface area contributed by atoms with E-state index in [4.69, 9.17) is 0 Å². The topological polar surface area (TPSA) is 46.0 Å². The van der Waals surface area contributed by atoms with Crippen molar-refractivity contribution >= 4 is 21.6 Å². The first-order chi connectivity index (χ1) is 8.24. The van der Waals surface area contributed by atoms with Gasteiger partial charge in [0.05, 0.1) is 10.9 Å². The molecular weight excluding hydrogens is 232 g/mol. The van der Waals surface area contributed by atoms with Gasteiger partial charge < -0.3 is 5.11 Å². The maximum absolute atomic E-state index is 9.40. The van der Waals surface area contributed by atoms with Crippen molar-refractivity contribution in [2.75, 3.05) is 0 Å². The Kier molecular flexibility index (Phi) is 2.30. The van der Waals surface area contributed by atoms with Crippen molar-refractivity contribution in [3.05, 3.63) is 42.2 Å². The molecule has 0 aliphatic heterocycles. The molecule has 84 valence electrons. The van der Waals surface area contributed by atoms with Gasteiger partial charge in [-0.2, -0.15) is 0 Å². The Balaban J connectivity index is 2.20. The van der Waals surface area contributed by atoms with E-state index >= 15 is 0 Å². The average Bonchev–Trinajstić information content (AvgIpc) is 2.72. The largest absolute Gasteiger partial charge is 0.508 e. The highest BCUT2D eigenvalue weighted by Gasteiger charge is 2.08. The number of aryl methyl sites for hydroxylation is 1. The monoisotopic (exact) mass is 242 g/mol. The average molecular weight is 242 g/mol. The Morgan fingerprint density at radius 3 is 2.88 bits per heavy atom. The first kappa shape index (κ1) is 10.2. The maximum Gasteiger partial charge on any atom is 0.124 e. The van der Waals surface area contributed by atoms with E-state index in [9.17, 15) is 5.11 Å². The fourth-order valence-corrected chi connectivity index (χ4v) is 2.81. The van der Waals surface area contributed by atoms with Crippen LogP contribution >= 0.6 is 11.3 Å². The number of phenols is 1. The molecule has 0 amide bonds. The highest BCUT2D eigenvalue weighted by atomic mass is 32.1. The summed E-state index contributed by atoms with van der Waals surface area (Å²) in [6, 6.07) is 7.30. The molecule has 3 rings (SSSR count). The smallest absolute Gasteiger partial charge is 0.124 e. The summed E-state index contributed by atoms with van der Waals surface area (Å²) in [5, 5.41) is 10.4. The van der Waals surface area contributed by atoms with E-state index in [0.717, 1.165) is 26.4 Å². The molecule has 0 aliphatic rings. The maximum atomic E-state index is 9.40. The van der Waals surface area contributed by atoms with E-state index in [2.05, 4.69) is 9.97 Å². The van der Waals surface area contributed by atoms with Crippen LogP contribution < -0.4 is 0 Å². The first-order valence-electron chi connectivity index (χ1n) is 5.24. The second-order valence-corrected chi connectivity index (χ2v) is 4.89. The van der Waals surface area contributed by atoms with E-state index in [-0.39, 0.29) is 5.75 Å². The summed E-state index contributed by atoms with van der Waals surface area (Å²) >= 11 is 1.64. The number of pyridine rings is 1. The van der Waals surface area contributed by atoms with Crippen LogP contribution in [0.25, 0.3) is 20.8 Å². The minimum Gasteiger partial charge on any atom is -0.508 e. The van der Waals surface area contributed by atoms with Crippen LogP contribution in [0.3, 0.4) is 0 Å². The Morgan fingerprint density at radius 1 is 1.24 bits per heavy atom. The molecular formula is C13H10N2OS. The van der Waals surface area contributed by atoms with Gasteiger partial charge in [0, 0.05) is 11.8 Å². The Hall–Kier alpha value is -1.94. The van der Waals surface area contributed by atoms with Crippen molar-refractivity contribution in [2.45, 2.75) is 6.92 Å². The predicted molar refractivity (Wildman–Crippen MR) is 69.3 cm³/mol. The molecule has 0 saturated carbocycles. The molecule has 0 aliphatic carbocycles. The lowest BCUT2D eigenvalue weighted by atomic mass is 10.1. The minimum absolute atomic E-state index is 0.286. The van der Waals surface area contributed by atoms with E-state index in [1.807, 2.05) is 19.1 Å². The van der Waals surface area contributed by atoms with Crippen molar-refractivity contribution in [1.29, 1.82) is 0 Å². The number of phenolic OH excluding ortho intramolecular Hbond substituents is 1. The van der Waals surface area contributed by atoms with Crippen LogP contribution in [0, 0.1) is 6.92 Å². The van der Waals surface area contributed by atoms with Gasteiger partial charge in [-0.05, 0) is 36.8 Å². The van der Waals surface area contributed by atoms with Crippen LogP contribution in [0.5, 0.6) is 5.75 Å². The summed E-state index contributed by atoms with van der Waals surface area (Å²) in [4.78, 5) is 8.61. The number of aromatic hydroxyl groups is 1. The first-order valence-corrected chi connectivity index (χ1v) is 6.06. The zero-order valence-electron chi connectivity index (χ0n) is 9.21. The zero-order chi connectivity index (χ0) is 11.8. The molecule has 3 aromatic rings. The zero-order valence-corrected chi connectivity index (χ0v) is 10.0. The highest BCUT2D eigenvalue weighted by molar-refractivity contribution is 7.21. The molecule has 17 heavy (non-hydrogen) atoms. The van der Waals surface area contributed by atoms with Gasteiger partial charge in [0.15, 0.2) is 0 Å². The van der Waals surface area contributed by atoms with E-state index < -0.39 is 0 Å². The molecule has 2 aromatic heterocycles. The minimum atomic E-state index is 0.286. The molecule has 0 bridgehead atoms. The van der Waals surface area contributed by atoms with Crippen molar-refractivity contribution < 1.29 is 5.11 Å². The van der Waals surface area contributed by atoms with Gasteiger partial charge in [-0.25, -0.2) is 4.98 Å². The number of nitrogens with zero attached hydrogens (tertiary/aromatic N) is 2. The number of aromatic nitrogens is 2. The summed E-state index contributed by atoms with van der Waals surface area (Å²) in [6.07, 6.45) is 3.54. The van der Waals surface area contributed by atoms with Gasteiger partial charge in [-0.1, -0.05) is 0 Å². The molecule has 0 radical (unpaired) electrons. The number of benzene rings is 1. The molecule has 0 saturated heterocycles. The molecule has 4 heteroatoms. The molecule has 1 N–H and O–H groups in total. The lowest BCUT2D eigenvalue weighted by molar-refractivity contribution is 0.475. The normalized spacial score (nSPS) is 10.9. The highest BCUT2D eigenvalue weighted by Crippen LogP contribution is 2.32. The summed E-state index contributed by atoms with van der Waals surface area (Å²) in [5.41, 5.74) is 3.00. The van der Waals surface area contributed by atoms with Gasteiger partial charge in [0.2, 0.25) is 0 Å². The quantitative estimate of drug-likeness (QED) is 0.711. The van der Waals surface area contributed by atoms with Gasteiger partial charge in [0.1, 0.15) is 16.3 Å². The van der Waals surface area contributed by atoms with Crippen LogP contribution in [-0.4, -0.2) is 15.1 Å². The SMILES string of the molecule is Cc1cc(O)ccc1-c1nc2cnccc2s1. The fourth-order valence-electron chi connectivity index (χ4n) is 1.78. The number of rotatable bonds is 1. The summed E-state index contributed by atoms with van der Waals surface area (Å²) < 4.78 is 1.13. The Labute approximate surface area is 102 Å². The molecule has 0 spiro atoms. The van der Waals surface area contributed by atoms with Crippen molar-refractivity contribution in [3.63, 3.8) is 0 Å². The van der Waals surface area contributed by atoms with Gasteiger partial charge in [-0.3, -0.25) is 4.98 Å². The molecule has 2 heterocycles. The van der Waals surface area contributed by atoms with Crippen molar-refractivity contribution in [2.24, 2.45) is 0 Å². The number of hydrogen-bond acceptors (Lipinski definition) is 4. The van der Waals surface area contributed by atoms with Crippen molar-refractivity contribution in [1.82, 2.24) is 9.97 Å². The molecule has 1 aromatic carbocycles. The number of hydrogen-bond donors (Lipinski definition) is 1. The van der Waals surface area contributed by atoms with Crippen LogP contribution in [0.4, 0.5) is 0 Å². The van der Waals surface area contributed by atoms with E-state index in [0.29, 0.717) is 0 Å². The van der Waals surface area contributed by atoms with Crippen LogP contribution in [0.1, 0.15) is 5.56 Å².